The predicted octanol–water partition coefficient (Wildman–Crippen LogP) is 0.157. The van der Waals surface area contributed by atoms with Gasteiger partial charge in [-0.2, -0.15) is 0 Å². The third-order valence-electron chi connectivity index (χ3n) is 1.42. The van der Waals surface area contributed by atoms with E-state index in [0.29, 0.717) is 0 Å². The van der Waals surface area contributed by atoms with Gasteiger partial charge in [0, 0.05) is 36.0 Å². The molecule has 0 spiro atoms. The zero-order valence-corrected chi connectivity index (χ0v) is 7.38. The number of halogens is 1. The van der Waals surface area contributed by atoms with Gasteiger partial charge >= 0.3 is 0 Å². The normalized spacial score (nSPS) is 30.0. The first-order chi connectivity index (χ1) is 4.22. The minimum atomic E-state index is 0.0411. The average molecular weight is 240 g/mol. The molecule has 1 heterocycles. The Labute approximate surface area is 68.3 Å². The first-order valence-electron chi connectivity index (χ1n) is 2.92. The molecule has 0 unspecified atom stereocenters. The van der Waals surface area contributed by atoms with E-state index in [0.717, 1.165) is 13.1 Å². The van der Waals surface area contributed by atoms with Crippen molar-refractivity contribution in [1.82, 2.24) is 8.43 Å². The van der Waals surface area contributed by atoms with E-state index in [-0.39, 0.29) is 11.9 Å². The summed E-state index contributed by atoms with van der Waals surface area (Å²) in [5, 5.41) is 2.78. The Morgan fingerprint density at radius 1 is 1.89 bits per heavy atom. The highest BCUT2D eigenvalue weighted by Crippen LogP contribution is 2.08. The Hall–Kier alpha value is 0.160. The first kappa shape index (κ1) is 7.27. The molecule has 1 N–H and O–H groups in total. The molecule has 9 heavy (non-hydrogen) atoms. The molecular formula is C5H9IN2O. The van der Waals surface area contributed by atoms with Crippen molar-refractivity contribution in [2.24, 2.45) is 0 Å². The van der Waals surface area contributed by atoms with Crippen LogP contribution in [0.5, 0.6) is 0 Å². The van der Waals surface area contributed by atoms with Gasteiger partial charge in [-0.15, -0.1) is 0 Å². The minimum Gasteiger partial charge on any atom is -0.353 e. The molecule has 0 aromatic heterocycles. The molecule has 52 valence electrons. The van der Waals surface area contributed by atoms with Crippen LogP contribution in [0.2, 0.25) is 0 Å². The van der Waals surface area contributed by atoms with Gasteiger partial charge < -0.3 is 5.32 Å². The molecule has 0 bridgehead atoms. The van der Waals surface area contributed by atoms with Gasteiger partial charge in [-0.05, 0) is 6.92 Å². The van der Waals surface area contributed by atoms with E-state index in [1.807, 2.05) is 10.0 Å². The van der Waals surface area contributed by atoms with Gasteiger partial charge in [-0.25, -0.2) is 3.11 Å². The van der Waals surface area contributed by atoms with Crippen LogP contribution < -0.4 is 5.32 Å². The van der Waals surface area contributed by atoms with Crippen molar-refractivity contribution in [2.75, 3.05) is 13.1 Å². The molecule has 1 amide bonds. The zero-order valence-electron chi connectivity index (χ0n) is 5.22. The fraction of sp³-hybridized carbons (Fsp3) is 0.800. The average Bonchev–Trinajstić information content (AvgIpc) is 1.83. The van der Waals surface area contributed by atoms with Gasteiger partial charge in [0.25, 0.3) is 0 Å². The predicted molar refractivity (Wildman–Crippen MR) is 43.2 cm³/mol. The van der Waals surface area contributed by atoms with Crippen LogP contribution in [0, 0.1) is 0 Å². The van der Waals surface area contributed by atoms with Gasteiger partial charge in [-0.1, -0.05) is 0 Å². The summed E-state index contributed by atoms with van der Waals surface area (Å²) in [7, 11) is 0. The number of carbonyl (C=O) groups is 1. The van der Waals surface area contributed by atoms with Crippen molar-refractivity contribution >= 4 is 28.8 Å². The van der Waals surface area contributed by atoms with Gasteiger partial charge in [0.15, 0.2) is 0 Å². The van der Waals surface area contributed by atoms with Crippen molar-refractivity contribution in [2.45, 2.75) is 13.0 Å². The van der Waals surface area contributed by atoms with E-state index >= 15 is 0 Å². The monoisotopic (exact) mass is 240 g/mol. The van der Waals surface area contributed by atoms with Gasteiger partial charge in [-0.3, -0.25) is 4.79 Å². The Balaban J connectivity index is 2.51. The van der Waals surface area contributed by atoms with Crippen LogP contribution >= 0.6 is 22.9 Å². The first-order valence-corrected chi connectivity index (χ1v) is 3.88. The summed E-state index contributed by atoms with van der Waals surface area (Å²) in [4.78, 5) is 10.8. The van der Waals surface area contributed by atoms with Crippen LogP contribution in [0.25, 0.3) is 0 Å². The number of carbonyl (C=O) groups excluding carboxylic acids is 1. The largest absolute Gasteiger partial charge is 0.353 e. The van der Waals surface area contributed by atoms with Crippen LogP contribution in [-0.4, -0.2) is 28.2 Å². The maximum Gasteiger partial charge on any atom is 0.237 e. The number of nitrogens with zero attached hydrogens (tertiary/aromatic N) is 1. The lowest BCUT2D eigenvalue weighted by Crippen LogP contribution is -2.49. The molecule has 3 nitrogen and oxygen atoms in total. The van der Waals surface area contributed by atoms with Crippen LogP contribution in [0.4, 0.5) is 0 Å². The standard InChI is InChI=1S/C5H9IN2O/c1-4-5(9)7-2-3-8(4)6/h4H,2-3H2,1H3,(H,7,9)/t4-/m0/s1. The summed E-state index contributed by atoms with van der Waals surface area (Å²) in [6.07, 6.45) is 0. The quantitative estimate of drug-likeness (QED) is 0.483. The molecule has 1 atom stereocenters. The second-order valence-electron chi connectivity index (χ2n) is 2.09. The molecule has 1 saturated heterocycles. The molecule has 0 aromatic carbocycles. The summed E-state index contributed by atoms with van der Waals surface area (Å²) < 4.78 is 2.01. The van der Waals surface area contributed by atoms with Gasteiger partial charge in [0.05, 0.1) is 6.04 Å². The fourth-order valence-corrected chi connectivity index (χ4v) is 1.25. The molecule has 4 heteroatoms. The topological polar surface area (TPSA) is 32.3 Å². The lowest BCUT2D eigenvalue weighted by Gasteiger charge is -2.26. The summed E-state index contributed by atoms with van der Waals surface area (Å²) in [5.74, 6) is 0.135. The number of rotatable bonds is 0. The van der Waals surface area contributed by atoms with Crippen LogP contribution in [-0.2, 0) is 4.79 Å². The second kappa shape index (κ2) is 2.83. The van der Waals surface area contributed by atoms with E-state index in [1.165, 1.54) is 0 Å². The molecule has 0 aliphatic carbocycles. The van der Waals surface area contributed by atoms with Gasteiger partial charge in [0.1, 0.15) is 0 Å². The molecule has 1 aliphatic heterocycles. The van der Waals surface area contributed by atoms with Crippen molar-refractivity contribution in [1.29, 1.82) is 0 Å². The Morgan fingerprint density at radius 2 is 2.56 bits per heavy atom. The lowest BCUT2D eigenvalue weighted by atomic mass is 10.2. The smallest absolute Gasteiger partial charge is 0.237 e. The van der Waals surface area contributed by atoms with Crippen molar-refractivity contribution in [3.05, 3.63) is 0 Å². The Kier molecular flexibility index (Phi) is 2.29. The molecular weight excluding hydrogens is 231 g/mol. The minimum absolute atomic E-state index is 0.0411. The Bertz CT molecular complexity index is 128. The number of amides is 1. The molecule has 0 saturated carbocycles. The highest BCUT2D eigenvalue weighted by atomic mass is 127. The van der Waals surface area contributed by atoms with E-state index in [4.69, 9.17) is 0 Å². The van der Waals surface area contributed by atoms with Gasteiger partial charge in [0.2, 0.25) is 5.91 Å². The van der Waals surface area contributed by atoms with Crippen LogP contribution in [0.3, 0.4) is 0 Å². The number of nitrogens with one attached hydrogen (secondary N) is 1. The summed E-state index contributed by atoms with van der Waals surface area (Å²) in [5.41, 5.74) is 0. The van der Waals surface area contributed by atoms with Crippen molar-refractivity contribution < 1.29 is 4.79 Å². The third-order valence-corrected chi connectivity index (χ3v) is 2.74. The second-order valence-corrected chi connectivity index (χ2v) is 3.33. The molecule has 0 radical (unpaired) electrons. The van der Waals surface area contributed by atoms with Crippen molar-refractivity contribution in [3.63, 3.8) is 0 Å². The van der Waals surface area contributed by atoms with Crippen molar-refractivity contribution in [3.8, 4) is 0 Å². The number of hydrogen-bond acceptors (Lipinski definition) is 2. The van der Waals surface area contributed by atoms with E-state index < -0.39 is 0 Å². The maximum absolute atomic E-state index is 10.8. The highest BCUT2D eigenvalue weighted by Gasteiger charge is 2.22. The number of hydrogen-bond donors (Lipinski definition) is 1. The van der Waals surface area contributed by atoms with E-state index in [2.05, 4.69) is 28.2 Å². The lowest BCUT2D eigenvalue weighted by molar-refractivity contribution is -0.125. The molecule has 1 fully saturated rings. The highest BCUT2D eigenvalue weighted by molar-refractivity contribution is 14.1. The summed E-state index contributed by atoms with van der Waals surface area (Å²) in [6.45, 7) is 3.64. The number of piperazine rings is 1. The molecule has 0 aromatic rings. The molecule has 1 aliphatic rings. The van der Waals surface area contributed by atoms with E-state index in [1.54, 1.807) is 0 Å². The SMILES string of the molecule is C[C@H]1C(=O)NCCN1I. The zero-order chi connectivity index (χ0) is 6.85. The summed E-state index contributed by atoms with van der Waals surface area (Å²) in [6, 6.07) is 0.0411. The molecule has 1 rings (SSSR count). The van der Waals surface area contributed by atoms with Crippen LogP contribution in [0.1, 0.15) is 6.92 Å². The Morgan fingerprint density at radius 3 is 3.00 bits per heavy atom. The third kappa shape index (κ3) is 1.54. The van der Waals surface area contributed by atoms with Crippen LogP contribution in [0.15, 0.2) is 0 Å². The summed E-state index contributed by atoms with van der Waals surface area (Å²) >= 11 is 2.17. The fourth-order valence-electron chi connectivity index (χ4n) is 0.754. The maximum atomic E-state index is 10.8. The van der Waals surface area contributed by atoms with E-state index in [9.17, 15) is 4.79 Å².